The fraction of sp³-hybridized carbons (Fsp3) is 0.200. The predicted octanol–water partition coefficient (Wildman–Crippen LogP) is 3.64. The van der Waals surface area contributed by atoms with Crippen LogP contribution < -0.4 is 11.3 Å². The minimum Gasteiger partial charge on any atom is -0.271 e. The highest BCUT2D eigenvalue weighted by molar-refractivity contribution is 9.10. The topological polar surface area (TPSA) is 38.0 Å². The standard InChI is InChI=1S/C15H16BrFN2/c1-10-6-12(9-14(17)7-10)15(19-18)8-11-2-4-13(16)5-3-11/h2-7,9,15,19H,8,18H2,1H3. The summed E-state index contributed by atoms with van der Waals surface area (Å²) in [5.41, 5.74) is 5.66. The highest BCUT2D eigenvalue weighted by Crippen LogP contribution is 2.21. The summed E-state index contributed by atoms with van der Waals surface area (Å²) in [5.74, 6) is 5.37. The lowest BCUT2D eigenvalue weighted by atomic mass is 9.98. The second-order valence-corrected chi connectivity index (χ2v) is 5.53. The summed E-state index contributed by atoms with van der Waals surface area (Å²) in [5, 5.41) is 0. The second-order valence-electron chi connectivity index (χ2n) is 4.61. The molecule has 2 aromatic rings. The maximum atomic E-state index is 13.4. The van der Waals surface area contributed by atoms with Crippen molar-refractivity contribution >= 4 is 15.9 Å². The van der Waals surface area contributed by atoms with E-state index in [0.717, 1.165) is 21.2 Å². The summed E-state index contributed by atoms with van der Waals surface area (Å²) in [6, 6.07) is 12.9. The molecule has 0 spiro atoms. The van der Waals surface area contributed by atoms with E-state index in [2.05, 4.69) is 21.4 Å². The average molecular weight is 323 g/mol. The SMILES string of the molecule is Cc1cc(F)cc(C(Cc2ccc(Br)cc2)NN)c1. The molecule has 2 nitrogen and oxygen atoms in total. The Kier molecular flexibility index (Phi) is 4.69. The van der Waals surface area contributed by atoms with E-state index in [1.165, 1.54) is 12.1 Å². The van der Waals surface area contributed by atoms with Gasteiger partial charge in [0.2, 0.25) is 0 Å². The molecule has 0 aliphatic heterocycles. The average Bonchev–Trinajstić information content (AvgIpc) is 2.37. The molecular formula is C15H16BrFN2. The third-order valence-electron chi connectivity index (χ3n) is 3.02. The van der Waals surface area contributed by atoms with E-state index in [0.29, 0.717) is 6.42 Å². The van der Waals surface area contributed by atoms with Crippen LogP contribution in [0.25, 0.3) is 0 Å². The van der Waals surface area contributed by atoms with Crippen molar-refractivity contribution in [1.82, 2.24) is 5.43 Å². The minimum atomic E-state index is -0.231. The summed E-state index contributed by atoms with van der Waals surface area (Å²) >= 11 is 3.40. The van der Waals surface area contributed by atoms with E-state index in [9.17, 15) is 4.39 Å². The van der Waals surface area contributed by atoms with Crippen LogP contribution in [0.3, 0.4) is 0 Å². The van der Waals surface area contributed by atoms with Gasteiger partial charge in [0.15, 0.2) is 0 Å². The molecular weight excluding hydrogens is 307 g/mol. The molecule has 2 rings (SSSR count). The Hall–Kier alpha value is -1.23. The molecule has 4 heteroatoms. The largest absolute Gasteiger partial charge is 0.271 e. The molecule has 0 saturated heterocycles. The van der Waals surface area contributed by atoms with Crippen LogP contribution in [0.5, 0.6) is 0 Å². The molecule has 0 fully saturated rings. The summed E-state index contributed by atoms with van der Waals surface area (Å²) in [7, 11) is 0. The maximum Gasteiger partial charge on any atom is 0.123 e. The van der Waals surface area contributed by atoms with E-state index in [-0.39, 0.29) is 11.9 Å². The molecule has 0 aliphatic carbocycles. The molecule has 1 unspecified atom stereocenters. The Labute approximate surface area is 120 Å². The molecule has 0 heterocycles. The number of hydrogen-bond acceptors (Lipinski definition) is 2. The molecule has 0 radical (unpaired) electrons. The number of rotatable bonds is 4. The first-order chi connectivity index (χ1) is 9.08. The van der Waals surface area contributed by atoms with Crippen molar-refractivity contribution in [2.75, 3.05) is 0 Å². The monoisotopic (exact) mass is 322 g/mol. The molecule has 1 atom stereocenters. The minimum absolute atomic E-state index is 0.101. The van der Waals surface area contributed by atoms with E-state index in [1.807, 2.05) is 37.3 Å². The van der Waals surface area contributed by atoms with Crippen LogP contribution in [0.15, 0.2) is 46.9 Å². The molecule has 0 bridgehead atoms. The van der Waals surface area contributed by atoms with Crippen molar-refractivity contribution in [2.45, 2.75) is 19.4 Å². The van der Waals surface area contributed by atoms with Crippen molar-refractivity contribution in [3.05, 3.63) is 69.4 Å². The van der Waals surface area contributed by atoms with Crippen LogP contribution in [0.1, 0.15) is 22.7 Å². The van der Waals surface area contributed by atoms with Crippen LogP contribution >= 0.6 is 15.9 Å². The molecule has 0 aliphatic rings. The molecule has 100 valence electrons. The lowest BCUT2D eigenvalue weighted by Crippen LogP contribution is -2.29. The third-order valence-corrected chi connectivity index (χ3v) is 3.55. The number of aryl methyl sites for hydroxylation is 1. The summed E-state index contributed by atoms with van der Waals surface area (Å²) in [6.07, 6.45) is 0.715. The van der Waals surface area contributed by atoms with Gasteiger partial charge in [0, 0.05) is 4.47 Å². The summed E-state index contributed by atoms with van der Waals surface area (Å²) in [6.45, 7) is 1.87. The van der Waals surface area contributed by atoms with E-state index < -0.39 is 0 Å². The van der Waals surface area contributed by atoms with Crippen LogP contribution in [0.4, 0.5) is 4.39 Å². The Balaban J connectivity index is 2.22. The molecule has 0 aromatic heterocycles. The van der Waals surface area contributed by atoms with Gasteiger partial charge in [-0.25, -0.2) is 4.39 Å². The van der Waals surface area contributed by atoms with Gasteiger partial charge >= 0.3 is 0 Å². The number of benzene rings is 2. The lowest BCUT2D eigenvalue weighted by Gasteiger charge is -2.17. The smallest absolute Gasteiger partial charge is 0.123 e. The van der Waals surface area contributed by atoms with Gasteiger partial charge in [-0.1, -0.05) is 34.1 Å². The Morgan fingerprint density at radius 3 is 2.47 bits per heavy atom. The third kappa shape index (κ3) is 3.86. The van der Waals surface area contributed by atoms with Gasteiger partial charge in [-0.3, -0.25) is 11.3 Å². The maximum absolute atomic E-state index is 13.4. The fourth-order valence-electron chi connectivity index (χ4n) is 2.09. The van der Waals surface area contributed by atoms with Gasteiger partial charge in [-0.15, -0.1) is 0 Å². The Bertz CT molecular complexity index is 534. The van der Waals surface area contributed by atoms with Gasteiger partial charge in [-0.05, 0) is 54.3 Å². The first-order valence-corrected chi connectivity index (χ1v) is 6.85. The first kappa shape index (κ1) is 14.2. The zero-order valence-corrected chi connectivity index (χ0v) is 12.2. The number of nitrogens with one attached hydrogen (secondary N) is 1. The molecule has 0 saturated carbocycles. The van der Waals surface area contributed by atoms with Crippen molar-refractivity contribution in [3.8, 4) is 0 Å². The van der Waals surface area contributed by atoms with Crippen molar-refractivity contribution in [2.24, 2.45) is 5.84 Å². The number of hydrogen-bond donors (Lipinski definition) is 2. The van der Waals surface area contributed by atoms with Crippen LogP contribution in [0, 0.1) is 12.7 Å². The van der Waals surface area contributed by atoms with Crippen molar-refractivity contribution in [3.63, 3.8) is 0 Å². The zero-order valence-electron chi connectivity index (χ0n) is 10.7. The Morgan fingerprint density at radius 2 is 1.89 bits per heavy atom. The van der Waals surface area contributed by atoms with Gasteiger partial charge in [0.25, 0.3) is 0 Å². The Morgan fingerprint density at radius 1 is 1.21 bits per heavy atom. The molecule has 19 heavy (non-hydrogen) atoms. The molecule has 2 aromatic carbocycles. The highest BCUT2D eigenvalue weighted by Gasteiger charge is 2.12. The number of nitrogens with two attached hydrogens (primary N) is 1. The van der Waals surface area contributed by atoms with Crippen LogP contribution in [-0.4, -0.2) is 0 Å². The summed E-state index contributed by atoms with van der Waals surface area (Å²) < 4.78 is 14.5. The highest BCUT2D eigenvalue weighted by atomic mass is 79.9. The van der Waals surface area contributed by atoms with Gasteiger partial charge in [0.05, 0.1) is 6.04 Å². The van der Waals surface area contributed by atoms with Gasteiger partial charge < -0.3 is 0 Å². The van der Waals surface area contributed by atoms with E-state index in [4.69, 9.17) is 5.84 Å². The second kappa shape index (κ2) is 6.28. The first-order valence-electron chi connectivity index (χ1n) is 6.06. The fourth-order valence-corrected chi connectivity index (χ4v) is 2.36. The van der Waals surface area contributed by atoms with Crippen LogP contribution in [0.2, 0.25) is 0 Å². The van der Waals surface area contributed by atoms with Crippen LogP contribution in [-0.2, 0) is 6.42 Å². The normalized spacial score (nSPS) is 12.4. The quantitative estimate of drug-likeness (QED) is 0.666. The van der Waals surface area contributed by atoms with Gasteiger partial charge in [-0.2, -0.15) is 0 Å². The number of halogens is 2. The lowest BCUT2D eigenvalue weighted by molar-refractivity contribution is 0.544. The summed E-state index contributed by atoms with van der Waals surface area (Å²) in [4.78, 5) is 0. The van der Waals surface area contributed by atoms with Gasteiger partial charge in [0.1, 0.15) is 5.82 Å². The zero-order chi connectivity index (χ0) is 13.8. The predicted molar refractivity (Wildman–Crippen MR) is 79.0 cm³/mol. The van der Waals surface area contributed by atoms with E-state index in [1.54, 1.807) is 0 Å². The molecule has 3 N–H and O–H groups in total. The van der Waals surface area contributed by atoms with Crippen molar-refractivity contribution in [1.29, 1.82) is 0 Å². The van der Waals surface area contributed by atoms with Crippen molar-refractivity contribution < 1.29 is 4.39 Å². The number of hydrazine groups is 1. The molecule has 0 amide bonds. The van der Waals surface area contributed by atoms with E-state index >= 15 is 0 Å².